The second-order valence-electron chi connectivity index (χ2n) is 9.39. The molecule has 0 radical (unpaired) electrons. The number of piperazine rings is 1. The van der Waals surface area contributed by atoms with Crippen LogP contribution in [0.2, 0.25) is 0 Å². The van der Waals surface area contributed by atoms with Crippen molar-refractivity contribution in [2.24, 2.45) is 5.73 Å². The number of imide groups is 1. The van der Waals surface area contributed by atoms with Crippen molar-refractivity contribution in [2.45, 2.75) is 34.2 Å². The highest BCUT2D eigenvalue weighted by Gasteiger charge is 2.39. The zero-order valence-electron chi connectivity index (χ0n) is 22.3. The zero-order chi connectivity index (χ0) is 26.9. The minimum atomic E-state index is -0.545. The number of anilines is 1. The van der Waals surface area contributed by atoms with Gasteiger partial charge in [0.15, 0.2) is 0 Å². The van der Waals surface area contributed by atoms with Crippen LogP contribution in [-0.2, 0) is 11.3 Å². The summed E-state index contributed by atoms with van der Waals surface area (Å²) < 4.78 is 16.4. The number of carbonyl (C=O) groups excluding carboxylic acids is 3. The van der Waals surface area contributed by atoms with Gasteiger partial charge in [0.2, 0.25) is 0 Å². The first-order valence-corrected chi connectivity index (χ1v) is 12.8. The second-order valence-corrected chi connectivity index (χ2v) is 9.39. The van der Waals surface area contributed by atoms with E-state index < -0.39 is 23.7 Å². The smallest absolute Gasteiger partial charge is 0.331 e. The van der Waals surface area contributed by atoms with E-state index in [9.17, 15) is 18.8 Å². The summed E-state index contributed by atoms with van der Waals surface area (Å²) in [7, 11) is 0. The van der Waals surface area contributed by atoms with Crippen LogP contribution in [-0.4, -0.2) is 78.0 Å². The SMILES string of the molecule is CCN(CC)CCn1c(C)c(C(N)=O)c(C)c1C=C1C(=O)N(C(=O)N2CCNCC2)c2ccc(F)cc21.Cl. The van der Waals surface area contributed by atoms with Crippen LogP contribution in [0, 0.1) is 19.7 Å². The van der Waals surface area contributed by atoms with Crippen LogP contribution in [0.25, 0.3) is 11.6 Å². The first-order valence-electron chi connectivity index (χ1n) is 12.8. The van der Waals surface area contributed by atoms with Gasteiger partial charge in [-0.1, -0.05) is 13.8 Å². The maximum absolute atomic E-state index is 14.4. The third-order valence-electron chi connectivity index (χ3n) is 7.38. The molecule has 0 aliphatic carbocycles. The van der Waals surface area contributed by atoms with Crippen molar-refractivity contribution in [3.05, 3.63) is 52.1 Å². The molecule has 1 aromatic carbocycles. The Bertz CT molecular complexity index is 1260. The summed E-state index contributed by atoms with van der Waals surface area (Å²) in [4.78, 5) is 44.5. The molecule has 1 aromatic heterocycles. The van der Waals surface area contributed by atoms with Crippen LogP contribution in [0.15, 0.2) is 18.2 Å². The number of nitrogens with two attached hydrogens (primary N) is 1. The Hall–Kier alpha value is -3.21. The van der Waals surface area contributed by atoms with Gasteiger partial charge in [0.25, 0.3) is 11.8 Å². The van der Waals surface area contributed by atoms with Crippen molar-refractivity contribution >= 4 is 47.6 Å². The van der Waals surface area contributed by atoms with Crippen LogP contribution < -0.4 is 16.0 Å². The number of benzene rings is 1. The third kappa shape index (κ3) is 5.34. The lowest BCUT2D eigenvalue weighted by molar-refractivity contribution is -0.112. The first-order chi connectivity index (χ1) is 17.7. The summed E-state index contributed by atoms with van der Waals surface area (Å²) in [5, 5.41) is 3.19. The summed E-state index contributed by atoms with van der Waals surface area (Å²) >= 11 is 0. The fourth-order valence-electron chi connectivity index (χ4n) is 5.26. The van der Waals surface area contributed by atoms with Crippen LogP contribution in [0.5, 0.6) is 0 Å². The van der Waals surface area contributed by atoms with Gasteiger partial charge in [-0.3, -0.25) is 9.59 Å². The number of likely N-dealkylation sites (N-methyl/N-ethyl adjacent to an activating group) is 1. The van der Waals surface area contributed by atoms with Crippen molar-refractivity contribution in [1.29, 1.82) is 0 Å². The fourth-order valence-corrected chi connectivity index (χ4v) is 5.26. The van der Waals surface area contributed by atoms with E-state index in [1.807, 2.05) is 11.5 Å². The molecule has 0 atom stereocenters. The molecule has 1 fully saturated rings. The van der Waals surface area contributed by atoms with Gasteiger partial charge >= 0.3 is 6.03 Å². The minimum absolute atomic E-state index is 0. The zero-order valence-corrected chi connectivity index (χ0v) is 23.2. The highest BCUT2D eigenvalue weighted by molar-refractivity contribution is 6.42. The summed E-state index contributed by atoms with van der Waals surface area (Å²) in [6, 6.07) is 3.58. The number of nitrogens with zero attached hydrogens (tertiary/aromatic N) is 4. The Labute approximate surface area is 228 Å². The number of halogens is 2. The summed E-state index contributed by atoms with van der Waals surface area (Å²) in [5.74, 6) is -1.56. The predicted molar refractivity (Wildman–Crippen MR) is 149 cm³/mol. The molecule has 38 heavy (non-hydrogen) atoms. The van der Waals surface area contributed by atoms with Crippen molar-refractivity contribution in [2.75, 3.05) is 50.7 Å². The maximum Gasteiger partial charge on any atom is 0.331 e. The number of hydrogen-bond donors (Lipinski definition) is 2. The van der Waals surface area contributed by atoms with E-state index in [0.29, 0.717) is 66.5 Å². The third-order valence-corrected chi connectivity index (χ3v) is 7.38. The Morgan fingerprint density at radius 2 is 1.82 bits per heavy atom. The molecule has 3 heterocycles. The number of aromatic nitrogens is 1. The lowest BCUT2D eigenvalue weighted by Crippen LogP contribution is -2.52. The van der Waals surface area contributed by atoms with E-state index >= 15 is 0 Å². The lowest BCUT2D eigenvalue weighted by atomic mass is 10.0. The summed E-state index contributed by atoms with van der Waals surface area (Å²) in [6.07, 6.45) is 1.67. The molecule has 1 saturated heterocycles. The molecule has 11 heteroatoms. The van der Waals surface area contributed by atoms with Gasteiger partial charge in [0, 0.05) is 56.2 Å². The molecule has 3 N–H and O–H groups in total. The normalized spacial score (nSPS) is 16.3. The molecule has 0 unspecified atom stereocenters. The molecule has 4 amide bonds. The maximum atomic E-state index is 14.4. The lowest BCUT2D eigenvalue weighted by Gasteiger charge is -2.30. The molecule has 0 saturated carbocycles. The molecule has 206 valence electrons. The minimum Gasteiger partial charge on any atom is -0.366 e. The molecule has 4 rings (SSSR count). The van der Waals surface area contributed by atoms with Gasteiger partial charge in [-0.25, -0.2) is 14.1 Å². The number of urea groups is 1. The molecule has 2 aliphatic heterocycles. The largest absolute Gasteiger partial charge is 0.366 e. The predicted octanol–water partition coefficient (Wildman–Crippen LogP) is 3.02. The van der Waals surface area contributed by atoms with E-state index in [-0.39, 0.29) is 18.0 Å². The van der Waals surface area contributed by atoms with Crippen LogP contribution in [0.1, 0.15) is 46.7 Å². The van der Waals surface area contributed by atoms with Gasteiger partial charge in [-0.2, -0.15) is 0 Å². The first kappa shape index (κ1) is 29.3. The number of hydrogen-bond acceptors (Lipinski definition) is 5. The van der Waals surface area contributed by atoms with Gasteiger partial charge in [0.05, 0.1) is 16.8 Å². The highest BCUT2D eigenvalue weighted by Crippen LogP contribution is 2.40. The van der Waals surface area contributed by atoms with Crippen molar-refractivity contribution in [1.82, 2.24) is 19.7 Å². The van der Waals surface area contributed by atoms with Crippen molar-refractivity contribution < 1.29 is 18.8 Å². The summed E-state index contributed by atoms with van der Waals surface area (Å²) in [6.45, 7) is 13.1. The van der Waals surface area contributed by atoms with E-state index in [4.69, 9.17) is 5.73 Å². The number of carbonyl (C=O) groups is 3. The molecular weight excluding hydrogens is 511 g/mol. The monoisotopic (exact) mass is 546 g/mol. The number of fused-ring (bicyclic) bond motifs is 1. The van der Waals surface area contributed by atoms with Gasteiger partial charge in [0.1, 0.15) is 5.82 Å². The quantitative estimate of drug-likeness (QED) is 0.520. The topological polar surface area (TPSA) is 104 Å². The van der Waals surface area contributed by atoms with Gasteiger partial charge in [-0.15, -0.1) is 12.4 Å². The number of primary amides is 1. The average Bonchev–Trinajstić information content (AvgIpc) is 3.29. The van der Waals surface area contributed by atoms with Gasteiger partial charge < -0.3 is 25.4 Å². The fraction of sp³-hybridized carbons (Fsp3) is 0.444. The van der Waals surface area contributed by atoms with Crippen LogP contribution in [0.3, 0.4) is 0 Å². The molecule has 2 aliphatic rings. The Morgan fingerprint density at radius 3 is 2.42 bits per heavy atom. The van der Waals surface area contributed by atoms with E-state index in [2.05, 4.69) is 24.1 Å². The Kier molecular flexibility index (Phi) is 9.35. The highest BCUT2D eigenvalue weighted by atomic mass is 35.5. The van der Waals surface area contributed by atoms with Gasteiger partial charge in [-0.05, 0) is 56.8 Å². The Morgan fingerprint density at radius 1 is 1.16 bits per heavy atom. The van der Waals surface area contributed by atoms with Crippen LogP contribution >= 0.6 is 12.4 Å². The number of nitrogens with one attached hydrogen (secondary N) is 1. The standard InChI is InChI=1S/C27H35FN6O3.ClH/c1-5-31(6-2)13-14-33-18(4)24(25(29)35)17(3)23(33)16-21-20-15-19(28)7-8-22(20)34(26(21)36)27(37)32-11-9-30-10-12-32;/h7-8,15-16,30H,5-6,9-14H2,1-4H3,(H2,29,35);1H. The molecule has 2 aromatic rings. The molecule has 9 nitrogen and oxygen atoms in total. The Balaban J connectivity index is 0.00000400. The molecule has 0 spiro atoms. The number of rotatable bonds is 7. The molecule has 0 bridgehead atoms. The van der Waals surface area contributed by atoms with E-state index in [0.717, 1.165) is 24.5 Å². The van der Waals surface area contributed by atoms with E-state index in [1.165, 1.54) is 18.2 Å². The number of amides is 4. The van der Waals surface area contributed by atoms with E-state index in [1.54, 1.807) is 17.9 Å². The van der Waals surface area contributed by atoms with Crippen molar-refractivity contribution in [3.63, 3.8) is 0 Å². The molecular formula is C27H36ClFN6O3. The second kappa shape index (κ2) is 12.1. The average molecular weight is 547 g/mol. The van der Waals surface area contributed by atoms with Crippen molar-refractivity contribution in [3.8, 4) is 0 Å². The van der Waals surface area contributed by atoms with Crippen LogP contribution in [0.4, 0.5) is 14.9 Å². The summed E-state index contributed by atoms with van der Waals surface area (Å²) in [5.41, 5.74) is 9.04.